The van der Waals surface area contributed by atoms with Crippen molar-refractivity contribution in [2.45, 2.75) is 19.5 Å². The number of nitro groups is 1. The third-order valence-corrected chi connectivity index (χ3v) is 4.04. The van der Waals surface area contributed by atoms with Crippen LogP contribution >= 0.6 is 27.5 Å². The van der Waals surface area contributed by atoms with Crippen LogP contribution in [-0.2, 0) is 6.54 Å². The first kappa shape index (κ1) is 15.9. The van der Waals surface area contributed by atoms with Crippen LogP contribution in [0.5, 0.6) is 0 Å². The zero-order valence-electron chi connectivity index (χ0n) is 11.3. The predicted octanol–water partition coefficient (Wildman–Crippen LogP) is 4.86. The summed E-state index contributed by atoms with van der Waals surface area (Å²) >= 11 is 9.52. The summed E-state index contributed by atoms with van der Waals surface area (Å²) in [5, 5.41) is 14.4. The van der Waals surface area contributed by atoms with Crippen molar-refractivity contribution in [1.29, 1.82) is 0 Å². The molecule has 0 bridgehead atoms. The Kier molecular flexibility index (Phi) is 5.33. The zero-order valence-corrected chi connectivity index (χ0v) is 13.7. The van der Waals surface area contributed by atoms with Crippen LogP contribution in [0, 0.1) is 10.1 Å². The largest absolute Gasteiger partial charge is 0.306 e. The molecular weight excluding hydrogens is 356 g/mol. The van der Waals surface area contributed by atoms with E-state index in [1.54, 1.807) is 6.07 Å². The first-order valence-electron chi connectivity index (χ1n) is 6.39. The molecule has 0 radical (unpaired) electrons. The molecule has 0 spiro atoms. The fraction of sp³-hybridized carbons (Fsp3) is 0.200. The number of benzene rings is 2. The van der Waals surface area contributed by atoms with Gasteiger partial charge in [-0.3, -0.25) is 10.1 Å². The maximum atomic E-state index is 10.7. The van der Waals surface area contributed by atoms with Crippen molar-refractivity contribution in [1.82, 2.24) is 5.32 Å². The Morgan fingerprint density at radius 1 is 1.33 bits per heavy atom. The zero-order chi connectivity index (χ0) is 15.4. The first-order chi connectivity index (χ1) is 9.97. The third-order valence-electron chi connectivity index (χ3n) is 3.19. The van der Waals surface area contributed by atoms with E-state index in [1.165, 1.54) is 12.1 Å². The molecule has 6 heteroatoms. The Bertz CT molecular complexity index is 664. The smallest absolute Gasteiger partial charge is 0.270 e. The van der Waals surface area contributed by atoms with Crippen LogP contribution < -0.4 is 5.32 Å². The average molecular weight is 370 g/mol. The molecule has 0 heterocycles. The van der Waals surface area contributed by atoms with E-state index in [-0.39, 0.29) is 11.7 Å². The lowest BCUT2D eigenvalue weighted by atomic mass is 10.1. The summed E-state index contributed by atoms with van der Waals surface area (Å²) in [5.41, 5.74) is 2.00. The summed E-state index contributed by atoms with van der Waals surface area (Å²) in [7, 11) is 0. The second kappa shape index (κ2) is 7.02. The minimum absolute atomic E-state index is 0.00351. The molecule has 0 saturated carbocycles. The second-order valence-electron chi connectivity index (χ2n) is 4.69. The topological polar surface area (TPSA) is 55.2 Å². The van der Waals surface area contributed by atoms with E-state index in [0.717, 1.165) is 15.6 Å². The van der Waals surface area contributed by atoms with E-state index in [1.807, 2.05) is 18.2 Å². The number of halogens is 2. The molecule has 0 unspecified atom stereocenters. The molecule has 0 fully saturated rings. The number of nitro benzene ring substituents is 1. The van der Waals surface area contributed by atoms with Gasteiger partial charge in [0, 0.05) is 29.2 Å². The van der Waals surface area contributed by atoms with Crippen LogP contribution in [0.1, 0.15) is 24.1 Å². The lowest BCUT2D eigenvalue weighted by Crippen LogP contribution is -2.18. The number of rotatable bonds is 5. The molecule has 1 atom stereocenters. The van der Waals surface area contributed by atoms with E-state index in [9.17, 15) is 10.1 Å². The summed E-state index contributed by atoms with van der Waals surface area (Å²) in [6.07, 6.45) is 0. The van der Waals surface area contributed by atoms with Gasteiger partial charge in [0.25, 0.3) is 5.69 Å². The monoisotopic (exact) mass is 368 g/mol. The van der Waals surface area contributed by atoms with Gasteiger partial charge < -0.3 is 5.32 Å². The van der Waals surface area contributed by atoms with Crippen LogP contribution in [-0.4, -0.2) is 4.92 Å². The van der Waals surface area contributed by atoms with Gasteiger partial charge in [-0.2, -0.15) is 0 Å². The van der Waals surface area contributed by atoms with Crippen molar-refractivity contribution in [3.05, 3.63) is 73.2 Å². The summed E-state index contributed by atoms with van der Waals surface area (Å²) < 4.78 is 1.03. The molecule has 0 aliphatic carbocycles. The maximum absolute atomic E-state index is 10.7. The van der Waals surface area contributed by atoms with Gasteiger partial charge in [-0.05, 0) is 36.2 Å². The molecule has 0 amide bonds. The molecule has 4 nitrogen and oxygen atoms in total. The third kappa shape index (κ3) is 4.27. The number of nitrogens with one attached hydrogen (secondary N) is 1. The van der Waals surface area contributed by atoms with E-state index < -0.39 is 4.92 Å². The van der Waals surface area contributed by atoms with Crippen molar-refractivity contribution in [3.63, 3.8) is 0 Å². The molecule has 21 heavy (non-hydrogen) atoms. The maximum Gasteiger partial charge on any atom is 0.270 e. The number of hydrogen-bond donors (Lipinski definition) is 1. The van der Waals surface area contributed by atoms with Gasteiger partial charge in [0.1, 0.15) is 0 Å². The number of non-ortho nitro benzene ring substituents is 1. The fourth-order valence-electron chi connectivity index (χ4n) is 1.95. The van der Waals surface area contributed by atoms with Crippen molar-refractivity contribution in [2.24, 2.45) is 0 Å². The SMILES string of the molecule is C[C@@H](NCc1ccc([N+](=O)[O-])cc1Cl)c1cccc(Br)c1. The molecule has 2 rings (SSSR count). The molecular formula is C15H14BrClN2O2. The van der Waals surface area contributed by atoms with E-state index in [4.69, 9.17) is 11.6 Å². The Morgan fingerprint density at radius 3 is 2.71 bits per heavy atom. The van der Waals surface area contributed by atoms with Gasteiger partial charge in [0.05, 0.1) is 9.95 Å². The van der Waals surface area contributed by atoms with Gasteiger partial charge in [-0.25, -0.2) is 0 Å². The van der Waals surface area contributed by atoms with Gasteiger partial charge in [-0.15, -0.1) is 0 Å². The fourth-order valence-corrected chi connectivity index (χ4v) is 2.61. The highest BCUT2D eigenvalue weighted by atomic mass is 79.9. The summed E-state index contributed by atoms with van der Waals surface area (Å²) in [6.45, 7) is 2.60. The number of nitrogens with zero attached hydrogens (tertiary/aromatic N) is 1. The first-order valence-corrected chi connectivity index (χ1v) is 7.56. The Labute approximate surface area is 136 Å². The highest BCUT2D eigenvalue weighted by Gasteiger charge is 2.11. The lowest BCUT2D eigenvalue weighted by molar-refractivity contribution is -0.384. The Hall–Kier alpha value is -1.43. The molecule has 110 valence electrons. The van der Waals surface area contributed by atoms with Crippen molar-refractivity contribution >= 4 is 33.2 Å². The standard InChI is InChI=1S/C15H14BrClN2O2/c1-10(11-3-2-4-13(16)7-11)18-9-12-5-6-14(19(20)21)8-15(12)17/h2-8,10,18H,9H2,1H3/t10-/m1/s1. The quantitative estimate of drug-likeness (QED) is 0.605. The van der Waals surface area contributed by atoms with Crippen LogP contribution in [0.3, 0.4) is 0 Å². The molecule has 2 aromatic carbocycles. The van der Waals surface area contributed by atoms with Crippen LogP contribution in [0.15, 0.2) is 46.9 Å². The Balaban J connectivity index is 2.04. The van der Waals surface area contributed by atoms with E-state index in [0.29, 0.717) is 11.6 Å². The number of hydrogen-bond acceptors (Lipinski definition) is 3. The predicted molar refractivity (Wildman–Crippen MR) is 87.5 cm³/mol. The summed E-state index contributed by atoms with van der Waals surface area (Å²) in [4.78, 5) is 10.2. The molecule has 0 saturated heterocycles. The highest BCUT2D eigenvalue weighted by Crippen LogP contribution is 2.23. The minimum Gasteiger partial charge on any atom is -0.306 e. The Morgan fingerprint density at radius 2 is 2.10 bits per heavy atom. The van der Waals surface area contributed by atoms with Crippen LogP contribution in [0.4, 0.5) is 5.69 Å². The van der Waals surface area contributed by atoms with Crippen molar-refractivity contribution in [3.8, 4) is 0 Å². The molecule has 1 N–H and O–H groups in total. The normalized spacial score (nSPS) is 12.1. The van der Waals surface area contributed by atoms with Gasteiger partial charge in [0.2, 0.25) is 0 Å². The van der Waals surface area contributed by atoms with Crippen LogP contribution in [0.25, 0.3) is 0 Å². The van der Waals surface area contributed by atoms with E-state index in [2.05, 4.69) is 34.2 Å². The van der Waals surface area contributed by atoms with Gasteiger partial charge in [-0.1, -0.05) is 39.7 Å². The molecule has 0 aromatic heterocycles. The summed E-state index contributed by atoms with van der Waals surface area (Å²) in [5.74, 6) is 0. The lowest BCUT2D eigenvalue weighted by Gasteiger charge is -2.15. The minimum atomic E-state index is -0.451. The average Bonchev–Trinajstić information content (AvgIpc) is 2.45. The van der Waals surface area contributed by atoms with Crippen molar-refractivity contribution in [2.75, 3.05) is 0 Å². The van der Waals surface area contributed by atoms with E-state index >= 15 is 0 Å². The van der Waals surface area contributed by atoms with Crippen LogP contribution in [0.2, 0.25) is 5.02 Å². The van der Waals surface area contributed by atoms with Crippen molar-refractivity contribution < 1.29 is 4.92 Å². The molecule has 2 aromatic rings. The molecule has 0 aliphatic heterocycles. The molecule has 0 aliphatic rings. The highest BCUT2D eigenvalue weighted by molar-refractivity contribution is 9.10. The van der Waals surface area contributed by atoms with Gasteiger partial charge in [0.15, 0.2) is 0 Å². The summed E-state index contributed by atoms with van der Waals surface area (Å²) in [6, 6.07) is 12.7. The van der Waals surface area contributed by atoms with Gasteiger partial charge >= 0.3 is 0 Å². The second-order valence-corrected chi connectivity index (χ2v) is 6.01.